The van der Waals surface area contributed by atoms with Crippen molar-refractivity contribution in [3.63, 3.8) is 0 Å². The van der Waals surface area contributed by atoms with Crippen LogP contribution in [0.15, 0.2) is 29.3 Å². The molecular weight excluding hydrogens is 342 g/mol. The van der Waals surface area contributed by atoms with E-state index in [0.717, 1.165) is 37.8 Å². The average Bonchev–Trinajstić information content (AvgIpc) is 3.19. The van der Waals surface area contributed by atoms with Gasteiger partial charge in [0.15, 0.2) is 5.96 Å². The number of nitrogens with one attached hydrogen (secondary N) is 2. The van der Waals surface area contributed by atoms with Crippen molar-refractivity contribution < 1.29 is 14.2 Å². The number of hydrogen-bond acceptors (Lipinski definition) is 4. The molecule has 1 aromatic rings. The molecule has 2 atom stereocenters. The average molecular weight is 378 g/mol. The highest BCUT2D eigenvalue weighted by Crippen LogP contribution is 2.18. The van der Waals surface area contributed by atoms with Crippen molar-refractivity contribution in [2.45, 2.75) is 45.8 Å². The number of benzene rings is 1. The molecule has 0 bridgehead atoms. The van der Waals surface area contributed by atoms with Crippen LogP contribution in [0.3, 0.4) is 0 Å². The molecule has 2 N–H and O–H groups in total. The number of rotatable bonds is 10. The Labute approximate surface area is 163 Å². The standard InChI is InChI=1S/C21H35N3O3/c1-16(2)14-27-19-9-7-18(8-10-19)17(3)24-21(22-4)23-11-13-25-15-20-6-5-12-26-20/h7-10,16-17,20H,5-6,11-15H2,1-4H3,(H2,22,23,24). The van der Waals surface area contributed by atoms with Gasteiger partial charge in [0, 0.05) is 20.2 Å². The van der Waals surface area contributed by atoms with Gasteiger partial charge in [0.05, 0.1) is 32.0 Å². The van der Waals surface area contributed by atoms with Crippen molar-refractivity contribution in [3.05, 3.63) is 29.8 Å². The number of guanidine groups is 1. The fourth-order valence-electron chi connectivity index (χ4n) is 2.83. The molecule has 2 unspecified atom stereocenters. The lowest BCUT2D eigenvalue weighted by molar-refractivity contribution is 0.0191. The van der Waals surface area contributed by atoms with Crippen LogP contribution in [0, 0.1) is 5.92 Å². The molecule has 0 aromatic heterocycles. The fourth-order valence-corrected chi connectivity index (χ4v) is 2.83. The van der Waals surface area contributed by atoms with Crippen molar-refractivity contribution in [2.24, 2.45) is 10.9 Å². The van der Waals surface area contributed by atoms with E-state index in [2.05, 4.69) is 48.5 Å². The summed E-state index contributed by atoms with van der Waals surface area (Å²) >= 11 is 0. The Morgan fingerprint density at radius 1 is 1.26 bits per heavy atom. The van der Waals surface area contributed by atoms with Crippen LogP contribution >= 0.6 is 0 Å². The van der Waals surface area contributed by atoms with E-state index in [4.69, 9.17) is 14.2 Å². The minimum Gasteiger partial charge on any atom is -0.493 e. The second kappa shape index (κ2) is 11.8. The number of nitrogens with zero attached hydrogens (tertiary/aromatic N) is 1. The van der Waals surface area contributed by atoms with Gasteiger partial charge in [-0.05, 0) is 43.4 Å². The molecule has 6 heteroatoms. The van der Waals surface area contributed by atoms with E-state index < -0.39 is 0 Å². The van der Waals surface area contributed by atoms with Gasteiger partial charge in [0.2, 0.25) is 0 Å². The summed E-state index contributed by atoms with van der Waals surface area (Å²) < 4.78 is 17.0. The van der Waals surface area contributed by atoms with Gasteiger partial charge in [-0.2, -0.15) is 0 Å². The highest BCUT2D eigenvalue weighted by atomic mass is 16.5. The molecule has 1 aromatic carbocycles. The Morgan fingerprint density at radius 2 is 2.04 bits per heavy atom. The van der Waals surface area contributed by atoms with Crippen LogP contribution < -0.4 is 15.4 Å². The Hall–Kier alpha value is -1.79. The predicted molar refractivity (Wildman–Crippen MR) is 109 cm³/mol. The third kappa shape index (κ3) is 8.18. The van der Waals surface area contributed by atoms with E-state index in [-0.39, 0.29) is 12.1 Å². The van der Waals surface area contributed by atoms with Gasteiger partial charge in [-0.15, -0.1) is 0 Å². The molecule has 1 fully saturated rings. The summed E-state index contributed by atoms with van der Waals surface area (Å²) in [7, 11) is 1.78. The zero-order valence-corrected chi connectivity index (χ0v) is 17.2. The minimum absolute atomic E-state index is 0.142. The van der Waals surface area contributed by atoms with E-state index in [9.17, 15) is 0 Å². The van der Waals surface area contributed by atoms with Gasteiger partial charge in [-0.3, -0.25) is 4.99 Å². The second-order valence-electron chi connectivity index (χ2n) is 7.35. The van der Waals surface area contributed by atoms with Crippen LogP contribution in [0.5, 0.6) is 5.75 Å². The van der Waals surface area contributed by atoms with Crippen LogP contribution in [0.1, 0.15) is 45.2 Å². The Bertz CT molecular complexity index is 554. The second-order valence-corrected chi connectivity index (χ2v) is 7.35. The van der Waals surface area contributed by atoms with Gasteiger partial charge in [-0.25, -0.2) is 0 Å². The third-order valence-corrected chi connectivity index (χ3v) is 4.41. The van der Waals surface area contributed by atoms with E-state index in [1.165, 1.54) is 5.56 Å². The van der Waals surface area contributed by atoms with Crippen molar-refractivity contribution in [1.29, 1.82) is 0 Å². The smallest absolute Gasteiger partial charge is 0.191 e. The van der Waals surface area contributed by atoms with Gasteiger partial charge >= 0.3 is 0 Å². The number of ether oxygens (including phenoxy) is 3. The van der Waals surface area contributed by atoms with Crippen LogP contribution in [0.2, 0.25) is 0 Å². The van der Waals surface area contributed by atoms with Crippen molar-refractivity contribution >= 4 is 5.96 Å². The molecule has 1 heterocycles. The third-order valence-electron chi connectivity index (χ3n) is 4.41. The van der Waals surface area contributed by atoms with Gasteiger partial charge in [0.25, 0.3) is 0 Å². The van der Waals surface area contributed by atoms with Crippen LogP contribution in [0.25, 0.3) is 0 Å². The first kappa shape index (κ1) is 21.5. The first-order valence-corrected chi connectivity index (χ1v) is 9.97. The van der Waals surface area contributed by atoms with Crippen molar-refractivity contribution in [2.75, 3.05) is 40.0 Å². The number of hydrogen-bond donors (Lipinski definition) is 2. The summed E-state index contributed by atoms with van der Waals surface area (Å²) in [6.07, 6.45) is 2.52. The first-order valence-electron chi connectivity index (χ1n) is 9.97. The molecule has 1 aliphatic heterocycles. The van der Waals surface area contributed by atoms with Crippen molar-refractivity contribution in [3.8, 4) is 5.75 Å². The highest BCUT2D eigenvalue weighted by molar-refractivity contribution is 5.80. The highest BCUT2D eigenvalue weighted by Gasteiger charge is 2.15. The summed E-state index contributed by atoms with van der Waals surface area (Å²) in [5.74, 6) is 2.20. The summed E-state index contributed by atoms with van der Waals surface area (Å²) in [6, 6.07) is 8.36. The quantitative estimate of drug-likeness (QED) is 0.373. The maximum Gasteiger partial charge on any atom is 0.191 e. The lowest BCUT2D eigenvalue weighted by atomic mass is 10.1. The van der Waals surface area contributed by atoms with Gasteiger partial charge in [-0.1, -0.05) is 26.0 Å². The normalized spacial score (nSPS) is 18.6. The molecule has 1 saturated heterocycles. The monoisotopic (exact) mass is 377 g/mol. The summed E-state index contributed by atoms with van der Waals surface area (Å²) in [5, 5.41) is 6.69. The fraction of sp³-hybridized carbons (Fsp3) is 0.667. The van der Waals surface area contributed by atoms with Crippen LogP contribution in [0.4, 0.5) is 0 Å². The zero-order chi connectivity index (χ0) is 19.5. The van der Waals surface area contributed by atoms with Crippen LogP contribution in [-0.2, 0) is 9.47 Å². The largest absolute Gasteiger partial charge is 0.493 e. The minimum atomic E-state index is 0.142. The van der Waals surface area contributed by atoms with Crippen molar-refractivity contribution in [1.82, 2.24) is 10.6 Å². The topological polar surface area (TPSA) is 64.1 Å². The number of aliphatic imine (C=N–C) groups is 1. The van der Waals surface area contributed by atoms with Gasteiger partial charge < -0.3 is 24.8 Å². The Kier molecular flexibility index (Phi) is 9.42. The molecule has 0 spiro atoms. The van der Waals surface area contributed by atoms with E-state index in [0.29, 0.717) is 25.7 Å². The summed E-state index contributed by atoms with van der Waals surface area (Å²) in [5.41, 5.74) is 1.18. The zero-order valence-electron chi connectivity index (χ0n) is 17.2. The van der Waals surface area contributed by atoms with E-state index in [1.807, 2.05) is 12.1 Å². The molecule has 1 aliphatic rings. The molecule has 6 nitrogen and oxygen atoms in total. The molecule has 0 radical (unpaired) electrons. The maximum atomic E-state index is 5.74. The Balaban J connectivity index is 1.68. The summed E-state index contributed by atoms with van der Waals surface area (Å²) in [4.78, 5) is 4.28. The van der Waals surface area contributed by atoms with E-state index >= 15 is 0 Å². The molecule has 0 saturated carbocycles. The molecule has 2 rings (SSSR count). The Morgan fingerprint density at radius 3 is 2.67 bits per heavy atom. The predicted octanol–water partition coefficient (Wildman–Crippen LogP) is 3.14. The molecule has 0 amide bonds. The van der Waals surface area contributed by atoms with Gasteiger partial charge in [0.1, 0.15) is 5.75 Å². The molecule has 152 valence electrons. The molecule has 27 heavy (non-hydrogen) atoms. The first-order chi connectivity index (χ1) is 13.1. The maximum absolute atomic E-state index is 5.74. The lowest BCUT2D eigenvalue weighted by Gasteiger charge is -2.19. The molecular formula is C21H35N3O3. The lowest BCUT2D eigenvalue weighted by Crippen LogP contribution is -2.40. The SMILES string of the molecule is CN=C(NCCOCC1CCCO1)NC(C)c1ccc(OCC(C)C)cc1. The van der Waals surface area contributed by atoms with E-state index in [1.54, 1.807) is 7.05 Å². The summed E-state index contributed by atoms with van der Waals surface area (Å²) in [6.45, 7) is 10.0. The molecule has 0 aliphatic carbocycles. The van der Waals surface area contributed by atoms with Crippen LogP contribution in [-0.4, -0.2) is 52.1 Å².